The number of sulfone groups is 1. The molecule has 3 rings (SSSR count). The fourth-order valence-corrected chi connectivity index (χ4v) is 3.48. The Balaban J connectivity index is 2.30. The van der Waals surface area contributed by atoms with Crippen molar-refractivity contribution in [1.29, 1.82) is 0 Å². The monoisotopic (exact) mass is 321 g/mol. The second kappa shape index (κ2) is 5.03. The lowest BCUT2D eigenvalue weighted by molar-refractivity contribution is 0.590. The number of rotatable bonds is 2. The first-order chi connectivity index (χ1) is 10.4. The molecule has 7 heteroatoms. The van der Waals surface area contributed by atoms with Crippen LogP contribution in [0.25, 0.3) is 10.9 Å². The van der Waals surface area contributed by atoms with Gasteiger partial charge in [0.05, 0.1) is 4.90 Å². The number of aromatic amines is 1. The maximum atomic E-state index is 13.3. The quantitative estimate of drug-likeness (QED) is 0.789. The molecule has 0 aliphatic heterocycles. The van der Waals surface area contributed by atoms with Crippen LogP contribution in [0.5, 0.6) is 0 Å². The Morgan fingerprint density at radius 2 is 1.68 bits per heavy atom. The van der Waals surface area contributed by atoms with Crippen LogP contribution in [0.1, 0.15) is 0 Å². The summed E-state index contributed by atoms with van der Waals surface area (Å²) in [5.41, 5.74) is -0.526. The second-order valence-corrected chi connectivity index (χ2v) is 6.55. The van der Waals surface area contributed by atoms with E-state index in [-0.39, 0.29) is 10.3 Å². The van der Waals surface area contributed by atoms with Crippen LogP contribution in [-0.2, 0) is 9.84 Å². The van der Waals surface area contributed by atoms with E-state index in [1.54, 1.807) is 0 Å². The van der Waals surface area contributed by atoms with E-state index in [9.17, 15) is 22.0 Å². The van der Waals surface area contributed by atoms with Crippen molar-refractivity contribution in [1.82, 2.24) is 4.98 Å². The molecule has 4 nitrogen and oxygen atoms in total. The highest BCUT2D eigenvalue weighted by molar-refractivity contribution is 7.91. The molecule has 0 spiro atoms. The molecule has 1 aromatic heterocycles. The van der Waals surface area contributed by atoms with Crippen molar-refractivity contribution in [2.24, 2.45) is 0 Å². The van der Waals surface area contributed by atoms with Gasteiger partial charge in [-0.05, 0) is 36.4 Å². The summed E-state index contributed by atoms with van der Waals surface area (Å²) in [7, 11) is -4.20. The smallest absolute Gasteiger partial charge is 0.212 e. The molecule has 0 saturated carbocycles. The number of benzene rings is 2. The van der Waals surface area contributed by atoms with Crippen molar-refractivity contribution in [2.75, 3.05) is 0 Å². The van der Waals surface area contributed by atoms with Crippen LogP contribution in [-0.4, -0.2) is 13.4 Å². The molecular formula is C15H9F2NO3S. The zero-order valence-electron chi connectivity index (χ0n) is 11.0. The van der Waals surface area contributed by atoms with Gasteiger partial charge in [-0.2, -0.15) is 0 Å². The normalized spacial score (nSPS) is 11.7. The average Bonchev–Trinajstić information content (AvgIpc) is 2.48. The molecule has 0 saturated heterocycles. The number of aromatic nitrogens is 1. The van der Waals surface area contributed by atoms with Gasteiger partial charge in [0.15, 0.2) is 0 Å². The summed E-state index contributed by atoms with van der Waals surface area (Å²) >= 11 is 0. The van der Waals surface area contributed by atoms with Crippen LogP contribution in [0.2, 0.25) is 0 Å². The lowest BCUT2D eigenvalue weighted by atomic mass is 10.2. The van der Waals surface area contributed by atoms with Gasteiger partial charge in [0, 0.05) is 17.1 Å². The topological polar surface area (TPSA) is 67.0 Å². The Morgan fingerprint density at radius 3 is 2.41 bits per heavy atom. The number of H-pyrrole nitrogens is 1. The van der Waals surface area contributed by atoms with Crippen LogP contribution in [0.4, 0.5) is 8.78 Å². The Labute approximate surface area is 124 Å². The largest absolute Gasteiger partial charge is 0.360 e. The van der Waals surface area contributed by atoms with Crippen molar-refractivity contribution >= 4 is 20.7 Å². The summed E-state index contributed by atoms with van der Waals surface area (Å²) in [6, 6.07) is 7.79. The van der Waals surface area contributed by atoms with Gasteiger partial charge >= 0.3 is 0 Å². The van der Waals surface area contributed by atoms with E-state index in [4.69, 9.17) is 0 Å². The molecule has 0 bridgehead atoms. The number of nitrogens with one attached hydrogen (secondary N) is 1. The molecule has 0 amide bonds. The van der Waals surface area contributed by atoms with E-state index >= 15 is 0 Å². The van der Waals surface area contributed by atoms with Crippen LogP contribution >= 0.6 is 0 Å². The van der Waals surface area contributed by atoms with Crippen molar-refractivity contribution in [3.05, 3.63) is 70.5 Å². The molecule has 0 atom stereocenters. The summed E-state index contributed by atoms with van der Waals surface area (Å²) in [6.07, 6.45) is 1.03. The standard InChI is InChI=1S/C15H9F2NO3S/c16-9-2-1-3-11(6-9)22(20,21)14-8-18-13-5-4-10(17)7-12(13)15(14)19/h1-8H,(H,18,19). The average molecular weight is 321 g/mol. The number of hydrogen-bond donors (Lipinski definition) is 1. The van der Waals surface area contributed by atoms with E-state index in [1.165, 1.54) is 18.2 Å². The van der Waals surface area contributed by atoms with E-state index in [1.807, 2.05) is 0 Å². The molecule has 112 valence electrons. The highest BCUT2D eigenvalue weighted by Gasteiger charge is 2.23. The zero-order valence-corrected chi connectivity index (χ0v) is 11.8. The minimum atomic E-state index is -4.20. The Bertz CT molecular complexity index is 1040. The second-order valence-electron chi connectivity index (χ2n) is 4.63. The highest BCUT2D eigenvalue weighted by Crippen LogP contribution is 2.20. The fraction of sp³-hybridized carbons (Fsp3) is 0. The predicted octanol–water partition coefficient (Wildman–Crippen LogP) is 2.64. The summed E-state index contributed by atoms with van der Waals surface area (Å²) in [4.78, 5) is 14.1. The van der Waals surface area contributed by atoms with Gasteiger partial charge in [0.1, 0.15) is 16.5 Å². The Hall–Kier alpha value is -2.54. The van der Waals surface area contributed by atoms with Crippen molar-refractivity contribution in [3.63, 3.8) is 0 Å². The summed E-state index contributed by atoms with van der Waals surface area (Å²) in [6.45, 7) is 0. The van der Waals surface area contributed by atoms with Crippen molar-refractivity contribution in [2.45, 2.75) is 9.79 Å². The highest BCUT2D eigenvalue weighted by atomic mass is 32.2. The van der Waals surface area contributed by atoms with E-state index in [2.05, 4.69) is 4.98 Å². The molecule has 22 heavy (non-hydrogen) atoms. The molecule has 0 aliphatic carbocycles. The van der Waals surface area contributed by atoms with Gasteiger partial charge in [-0.1, -0.05) is 6.07 Å². The third-order valence-electron chi connectivity index (χ3n) is 3.20. The first-order valence-electron chi connectivity index (χ1n) is 6.21. The maximum absolute atomic E-state index is 13.3. The van der Waals surface area contributed by atoms with E-state index in [0.717, 1.165) is 30.5 Å². The minimum Gasteiger partial charge on any atom is -0.360 e. The lowest BCUT2D eigenvalue weighted by Crippen LogP contribution is -2.16. The molecule has 3 aromatic rings. The molecule has 0 unspecified atom stereocenters. The predicted molar refractivity (Wildman–Crippen MR) is 76.4 cm³/mol. The first-order valence-corrected chi connectivity index (χ1v) is 7.69. The van der Waals surface area contributed by atoms with Crippen LogP contribution in [0.3, 0.4) is 0 Å². The van der Waals surface area contributed by atoms with Gasteiger partial charge < -0.3 is 4.98 Å². The molecule has 0 fully saturated rings. The first kappa shape index (κ1) is 14.4. The van der Waals surface area contributed by atoms with Gasteiger partial charge in [-0.15, -0.1) is 0 Å². The fourth-order valence-electron chi connectivity index (χ4n) is 2.13. The molecule has 0 radical (unpaired) electrons. The van der Waals surface area contributed by atoms with Crippen LogP contribution in [0, 0.1) is 11.6 Å². The van der Waals surface area contributed by atoms with Crippen LogP contribution < -0.4 is 5.43 Å². The maximum Gasteiger partial charge on any atom is 0.212 e. The molecule has 2 aromatic carbocycles. The third kappa shape index (κ3) is 2.29. The van der Waals surface area contributed by atoms with Crippen LogP contribution in [0.15, 0.2) is 63.2 Å². The Morgan fingerprint density at radius 1 is 0.955 bits per heavy atom. The van der Waals surface area contributed by atoms with Crippen molar-refractivity contribution in [3.8, 4) is 0 Å². The summed E-state index contributed by atoms with van der Waals surface area (Å²) < 4.78 is 51.4. The molecule has 0 aliphatic rings. The van der Waals surface area contributed by atoms with Gasteiger partial charge in [-0.25, -0.2) is 17.2 Å². The molecular weight excluding hydrogens is 312 g/mol. The minimum absolute atomic E-state index is 0.0857. The number of fused-ring (bicyclic) bond motifs is 1. The number of hydrogen-bond acceptors (Lipinski definition) is 3. The van der Waals surface area contributed by atoms with Gasteiger partial charge in [0.2, 0.25) is 15.3 Å². The Kier molecular flexibility index (Phi) is 3.29. The van der Waals surface area contributed by atoms with Crippen molar-refractivity contribution < 1.29 is 17.2 Å². The molecule has 1 N–H and O–H groups in total. The van der Waals surface area contributed by atoms with E-state index in [0.29, 0.717) is 5.52 Å². The lowest BCUT2D eigenvalue weighted by Gasteiger charge is -2.06. The SMILES string of the molecule is O=c1c(S(=O)(=O)c2cccc(F)c2)c[nH]c2ccc(F)cc12. The summed E-state index contributed by atoms with van der Waals surface area (Å²) in [5.74, 6) is -1.39. The number of pyridine rings is 1. The number of halogens is 2. The molecule has 1 heterocycles. The zero-order chi connectivity index (χ0) is 15.9. The van der Waals surface area contributed by atoms with E-state index < -0.39 is 31.8 Å². The van der Waals surface area contributed by atoms with Gasteiger partial charge in [0.25, 0.3) is 0 Å². The summed E-state index contributed by atoms with van der Waals surface area (Å²) in [5, 5.41) is -0.0857. The van der Waals surface area contributed by atoms with Gasteiger partial charge in [-0.3, -0.25) is 4.79 Å². The third-order valence-corrected chi connectivity index (χ3v) is 4.96.